The van der Waals surface area contributed by atoms with Crippen molar-refractivity contribution in [2.24, 2.45) is 17.6 Å². The van der Waals surface area contributed by atoms with E-state index in [1.807, 2.05) is 41.3 Å². The van der Waals surface area contributed by atoms with E-state index in [0.29, 0.717) is 61.0 Å². The summed E-state index contributed by atoms with van der Waals surface area (Å²) in [5.74, 6) is 0.877. The molecular formula is C31H42ClN3O5. The zero-order chi connectivity index (χ0) is 28.7. The van der Waals surface area contributed by atoms with Gasteiger partial charge in [-0.15, -0.1) is 0 Å². The van der Waals surface area contributed by atoms with Crippen molar-refractivity contribution in [2.75, 3.05) is 26.7 Å². The molecule has 8 nitrogen and oxygen atoms in total. The first-order valence-electron chi connectivity index (χ1n) is 14.4. The molecule has 0 aromatic heterocycles. The van der Waals surface area contributed by atoms with E-state index in [1.54, 1.807) is 6.07 Å². The minimum Gasteiger partial charge on any atom is -0.455 e. The number of rotatable bonds is 10. The Morgan fingerprint density at radius 1 is 1.20 bits per heavy atom. The van der Waals surface area contributed by atoms with Gasteiger partial charge in [-0.2, -0.15) is 0 Å². The molecule has 0 radical (unpaired) electrons. The van der Waals surface area contributed by atoms with Crippen molar-refractivity contribution in [1.82, 2.24) is 10.2 Å². The molecule has 0 spiro atoms. The monoisotopic (exact) mass is 571 g/mol. The van der Waals surface area contributed by atoms with Gasteiger partial charge < -0.3 is 30.5 Å². The summed E-state index contributed by atoms with van der Waals surface area (Å²) in [5.41, 5.74) is 6.46. The number of nitrogens with zero attached hydrogens (tertiary/aromatic N) is 1. The Bertz CT molecular complexity index is 1180. The molecule has 1 aliphatic heterocycles. The number of halogens is 1. The third-order valence-corrected chi connectivity index (χ3v) is 8.68. The molecular weight excluding hydrogens is 530 g/mol. The molecule has 0 bridgehead atoms. The van der Waals surface area contributed by atoms with Gasteiger partial charge in [-0.05, 0) is 75.1 Å². The van der Waals surface area contributed by atoms with Gasteiger partial charge in [-0.25, -0.2) is 4.79 Å². The van der Waals surface area contributed by atoms with Crippen LogP contribution in [0.4, 0.5) is 4.79 Å². The van der Waals surface area contributed by atoms with Crippen molar-refractivity contribution in [2.45, 2.75) is 69.9 Å². The molecule has 2 amide bonds. The second kappa shape index (κ2) is 13.7. The van der Waals surface area contributed by atoms with Crippen LogP contribution in [0.2, 0.25) is 5.02 Å². The lowest BCUT2D eigenvalue weighted by Gasteiger charge is -2.44. The molecule has 9 heteroatoms. The van der Waals surface area contributed by atoms with Crippen molar-refractivity contribution in [3.8, 4) is 11.5 Å². The van der Waals surface area contributed by atoms with E-state index in [4.69, 9.17) is 26.8 Å². The number of carbonyl (C=O) groups is 2. The Kier molecular flexibility index (Phi) is 10.3. The molecule has 2 aromatic carbocycles. The molecule has 1 saturated heterocycles. The summed E-state index contributed by atoms with van der Waals surface area (Å²) in [6, 6.07) is 13.3. The van der Waals surface area contributed by atoms with Crippen LogP contribution in [-0.2, 0) is 21.6 Å². The summed E-state index contributed by atoms with van der Waals surface area (Å²) in [6.07, 6.45) is 5.10. The Morgan fingerprint density at radius 3 is 2.73 bits per heavy atom. The highest BCUT2D eigenvalue weighted by molar-refractivity contribution is 6.32. The number of likely N-dealkylation sites (tertiary alicyclic amines) is 1. The highest BCUT2D eigenvalue weighted by Gasteiger charge is 2.44. The van der Waals surface area contributed by atoms with Gasteiger partial charge in [0.1, 0.15) is 5.75 Å². The number of hydrogen-bond acceptors (Lipinski definition) is 6. The summed E-state index contributed by atoms with van der Waals surface area (Å²) in [4.78, 5) is 27.0. The Hall–Kier alpha value is -2.81. The molecule has 1 aliphatic carbocycles. The SMILES string of the molecule is CCc1cccc(Oc2c(Cl)cccc2[C@](O)(CCCNC(=O)OC)C2CCCN(C(=O)[C@@H]3CC[C@@H](N)C3)C2)c1. The smallest absolute Gasteiger partial charge is 0.406 e. The molecule has 218 valence electrons. The summed E-state index contributed by atoms with van der Waals surface area (Å²) >= 11 is 6.71. The van der Waals surface area contributed by atoms with Crippen molar-refractivity contribution in [1.29, 1.82) is 0 Å². The van der Waals surface area contributed by atoms with Crippen LogP contribution < -0.4 is 15.8 Å². The van der Waals surface area contributed by atoms with Crippen molar-refractivity contribution in [3.05, 3.63) is 58.6 Å². The van der Waals surface area contributed by atoms with Crippen LogP contribution in [-0.4, -0.2) is 54.8 Å². The first kappa shape index (κ1) is 30.2. The van der Waals surface area contributed by atoms with Crippen LogP contribution in [0.1, 0.15) is 63.0 Å². The van der Waals surface area contributed by atoms with Gasteiger partial charge in [0.25, 0.3) is 0 Å². The lowest BCUT2D eigenvalue weighted by molar-refractivity contribution is -0.141. The van der Waals surface area contributed by atoms with Crippen LogP contribution in [0.15, 0.2) is 42.5 Å². The van der Waals surface area contributed by atoms with Crippen LogP contribution in [0.3, 0.4) is 0 Å². The number of ether oxygens (including phenoxy) is 2. The average molecular weight is 572 g/mol. The standard InChI is InChI=1S/C31H42ClN3O5/c1-3-21-8-4-10-25(18-21)40-28-26(11-5-12-27(28)32)31(38,15-7-16-34-30(37)39-2)23-9-6-17-35(20-23)29(36)22-13-14-24(33)19-22/h4-5,8,10-12,18,22-24,38H,3,6-7,9,13-17,19-20,33H2,1-2H3,(H,34,37)/t22-,23?,24-,31+/m1/s1. The fourth-order valence-corrected chi connectivity index (χ4v) is 6.36. The van der Waals surface area contributed by atoms with Crippen LogP contribution in [0.5, 0.6) is 11.5 Å². The summed E-state index contributed by atoms with van der Waals surface area (Å²) in [6.45, 7) is 3.52. The minimum atomic E-state index is -1.36. The number of nitrogens with two attached hydrogens (primary N) is 1. The maximum atomic E-state index is 13.4. The number of aryl methyl sites for hydroxylation is 1. The molecule has 2 aliphatic rings. The maximum absolute atomic E-state index is 13.4. The van der Waals surface area contributed by atoms with Gasteiger partial charge in [0.05, 0.1) is 17.7 Å². The first-order chi connectivity index (χ1) is 19.2. The zero-order valence-corrected chi connectivity index (χ0v) is 24.3. The highest BCUT2D eigenvalue weighted by Crippen LogP contribution is 2.47. The molecule has 1 unspecified atom stereocenters. The molecule has 1 saturated carbocycles. The number of para-hydroxylation sites is 1. The van der Waals surface area contributed by atoms with Gasteiger partial charge in [0, 0.05) is 43.1 Å². The molecule has 1 heterocycles. The third-order valence-electron chi connectivity index (χ3n) is 8.38. The number of amides is 2. The van der Waals surface area contributed by atoms with Gasteiger partial charge in [0.15, 0.2) is 5.75 Å². The van der Waals surface area contributed by atoms with E-state index < -0.39 is 11.7 Å². The lowest BCUT2D eigenvalue weighted by atomic mass is 9.73. The molecule has 4 N–H and O–H groups in total. The largest absolute Gasteiger partial charge is 0.455 e. The summed E-state index contributed by atoms with van der Waals surface area (Å²) in [5, 5.41) is 15.7. The van der Waals surface area contributed by atoms with Crippen molar-refractivity contribution in [3.63, 3.8) is 0 Å². The van der Waals surface area contributed by atoms with Gasteiger partial charge in [-0.1, -0.05) is 42.8 Å². The average Bonchev–Trinajstić information content (AvgIpc) is 3.42. The summed E-state index contributed by atoms with van der Waals surface area (Å²) < 4.78 is 11.1. The number of piperidine rings is 1. The quantitative estimate of drug-likeness (QED) is 0.330. The zero-order valence-electron chi connectivity index (χ0n) is 23.5. The number of aliphatic hydroxyl groups is 1. The molecule has 4 rings (SSSR count). The molecule has 40 heavy (non-hydrogen) atoms. The van der Waals surface area contributed by atoms with E-state index in [1.165, 1.54) is 7.11 Å². The van der Waals surface area contributed by atoms with Crippen LogP contribution in [0.25, 0.3) is 0 Å². The number of methoxy groups -OCH3 is 1. The lowest BCUT2D eigenvalue weighted by Crippen LogP contribution is -2.49. The second-order valence-corrected chi connectivity index (χ2v) is 11.5. The number of alkyl carbamates (subject to hydrolysis) is 1. The number of benzene rings is 2. The topological polar surface area (TPSA) is 114 Å². The third kappa shape index (κ3) is 7.09. The first-order valence-corrected chi connectivity index (χ1v) is 14.8. The van der Waals surface area contributed by atoms with Crippen molar-refractivity contribution < 1.29 is 24.2 Å². The van der Waals surface area contributed by atoms with Crippen LogP contribution in [0, 0.1) is 11.8 Å². The number of carbonyl (C=O) groups excluding carboxylic acids is 2. The van der Waals surface area contributed by atoms with E-state index in [9.17, 15) is 14.7 Å². The number of nitrogens with one attached hydrogen (secondary N) is 1. The normalized spacial score (nSPS) is 22.4. The summed E-state index contributed by atoms with van der Waals surface area (Å²) in [7, 11) is 1.32. The molecule has 4 atom stereocenters. The fraction of sp³-hybridized carbons (Fsp3) is 0.548. The van der Waals surface area contributed by atoms with E-state index in [2.05, 4.69) is 12.2 Å². The fourth-order valence-electron chi connectivity index (χ4n) is 6.15. The van der Waals surface area contributed by atoms with E-state index >= 15 is 0 Å². The number of hydrogen-bond donors (Lipinski definition) is 3. The Balaban J connectivity index is 1.64. The van der Waals surface area contributed by atoms with Gasteiger partial charge >= 0.3 is 6.09 Å². The molecule has 2 aromatic rings. The van der Waals surface area contributed by atoms with Crippen LogP contribution >= 0.6 is 11.6 Å². The highest BCUT2D eigenvalue weighted by atomic mass is 35.5. The molecule has 2 fully saturated rings. The Labute approximate surface area is 242 Å². The van der Waals surface area contributed by atoms with E-state index in [-0.39, 0.29) is 23.8 Å². The maximum Gasteiger partial charge on any atom is 0.406 e. The predicted octanol–water partition coefficient (Wildman–Crippen LogP) is 5.38. The van der Waals surface area contributed by atoms with Gasteiger partial charge in [0.2, 0.25) is 5.91 Å². The van der Waals surface area contributed by atoms with Crippen molar-refractivity contribution >= 4 is 23.6 Å². The predicted molar refractivity (Wildman–Crippen MR) is 156 cm³/mol. The second-order valence-electron chi connectivity index (χ2n) is 11.1. The van der Waals surface area contributed by atoms with Gasteiger partial charge in [-0.3, -0.25) is 4.79 Å². The van der Waals surface area contributed by atoms with E-state index in [0.717, 1.165) is 37.7 Å². The Morgan fingerprint density at radius 2 is 2.00 bits per heavy atom. The minimum absolute atomic E-state index is 0.0537.